The zero-order chi connectivity index (χ0) is 16.8. The fraction of sp³-hybridized carbons (Fsp3) is 0.562. The molecule has 1 saturated heterocycles. The van der Waals surface area contributed by atoms with Crippen LogP contribution in [0.2, 0.25) is 0 Å². The number of hydrogen-bond donors (Lipinski definition) is 0. The summed E-state index contributed by atoms with van der Waals surface area (Å²) in [5.74, 6) is 1.13. The van der Waals surface area contributed by atoms with E-state index in [0.29, 0.717) is 26.1 Å². The van der Waals surface area contributed by atoms with E-state index in [1.807, 2.05) is 27.2 Å². The van der Waals surface area contributed by atoms with E-state index in [4.69, 9.17) is 4.74 Å². The van der Waals surface area contributed by atoms with Crippen LogP contribution in [0.5, 0.6) is 0 Å². The lowest BCUT2D eigenvalue weighted by Crippen LogP contribution is -2.39. The van der Waals surface area contributed by atoms with Crippen molar-refractivity contribution >= 4 is 29.0 Å². The molecular weight excluding hydrogens is 344 g/mol. The summed E-state index contributed by atoms with van der Waals surface area (Å²) in [6, 6.07) is 1.90. The van der Waals surface area contributed by atoms with Gasteiger partial charge in [0, 0.05) is 37.5 Å². The standard InChI is InChI=1S/C16H22N4O2S2/c1-2-23-16-18-13(12-24-16)9-15(21)19-6-4-8-22-14(10-19)11-20-7-3-5-17-20/h3,5,7,12,14H,2,4,6,8-11H2,1H3/t14-/m0/s1. The van der Waals surface area contributed by atoms with Crippen LogP contribution in [-0.2, 0) is 22.5 Å². The Bertz CT molecular complexity index is 644. The van der Waals surface area contributed by atoms with Crippen LogP contribution in [0.1, 0.15) is 19.0 Å². The van der Waals surface area contributed by atoms with Gasteiger partial charge in [0.05, 0.1) is 24.8 Å². The molecule has 0 unspecified atom stereocenters. The van der Waals surface area contributed by atoms with Gasteiger partial charge in [0.2, 0.25) is 5.91 Å². The van der Waals surface area contributed by atoms with E-state index in [0.717, 1.165) is 28.8 Å². The molecule has 1 fully saturated rings. The first-order valence-corrected chi connectivity index (χ1v) is 10.0. The number of aromatic nitrogens is 3. The van der Waals surface area contributed by atoms with Crippen LogP contribution in [0.15, 0.2) is 28.2 Å². The van der Waals surface area contributed by atoms with Gasteiger partial charge in [0.15, 0.2) is 0 Å². The third-order valence-electron chi connectivity index (χ3n) is 3.78. The quantitative estimate of drug-likeness (QED) is 0.734. The monoisotopic (exact) mass is 366 g/mol. The van der Waals surface area contributed by atoms with Gasteiger partial charge >= 0.3 is 0 Å². The van der Waals surface area contributed by atoms with Crippen molar-refractivity contribution < 1.29 is 9.53 Å². The van der Waals surface area contributed by atoms with Crippen LogP contribution >= 0.6 is 23.1 Å². The van der Waals surface area contributed by atoms with Gasteiger partial charge < -0.3 is 9.64 Å². The Morgan fingerprint density at radius 2 is 2.46 bits per heavy atom. The van der Waals surface area contributed by atoms with E-state index in [2.05, 4.69) is 17.0 Å². The van der Waals surface area contributed by atoms with E-state index in [1.165, 1.54) is 0 Å². The minimum atomic E-state index is -0.0157. The molecule has 24 heavy (non-hydrogen) atoms. The Labute approximate surface area is 150 Å². The highest BCUT2D eigenvalue weighted by Crippen LogP contribution is 2.22. The van der Waals surface area contributed by atoms with E-state index in [9.17, 15) is 4.79 Å². The molecule has 0 bridgehead atoms. The highest BCUT2D eigenvalue weighted by molar-refractivity contribution is 8.00. The average molecular weight is 367 g/mol. The molecule has 1 aliphatic heterocycles. The first-order valence-electron chi connectivity index (χ1n) is 8.18. The number of rotatable bonds is 6. The van der Waals surface area contributed by atoms with Crippen LogP contribution < -0.4 is 0 Å². The maximum Gasteiger partial charge on any atom is 0.228 e. The van der Waals surface area contributed by atoms with E-state index >= 15 is 0 Å². The lowest BCUT2D eigenvalue weighted by molar-refractivity contribution is -0.131. The molecule has 0 saturated carbocycles. The maximum absolute atomic E-state index is 12.6. The molecule has 0 N–H and O–H groups in total. The highest BCUT2D eigenvalue weighted by atomic mass is 32.2. The number of ether oxygens (including phenoxy) is 1. The molecular formula is C16H22N4O2S2. The Morgan fingerprint density at radius 3 is 3.25 bits per heavy atom. The van der Waals surface area contributed by atoms with Crippen LogP contribution in [0, 0.1) is 0 Å². The predicted octanol–water partition coefficient (Wildman–Crippen LogP) is 2.31. The fourth-order valence-electron chi connectivity index (χ4n) is 2.68. The van der Waals surface area contributed by atoms with Crippen molar-refractivity contribution in [2.75, 3.05) is 25.4 Å². The molecule has 6 nitrogen and oxygen atoms in total. The summed E-state index contributed by atoms with van der Waals surface area (Å²) in [7, 11) is 0. The predicted molar refractivity (Wildman–Crippen MR) is 95.4 cm³/mol. The lowest BCUT2D eigenvalue weighted by Gasteiger charge is -2.23. The summed E-state index contributed by atoms with van der Waals surface area (Å²) in [6.07, 6.45) is 4.90. The lowest BCUT2D eigenvalue weighted by atomic mass is 10.2. The number of thioether (sulfide) groups is 1. The Balaban J connectivity index is 1.57. The second-order valence-electron chi connectivity index (χ2n) is 5.63. The van der Waals surface area contributed by atoms with Crippen molar-refractivity contribution in [2.45, 2.75) is 36.8 Å². The Morgan fingerprint density at radius 1 is 1.54 bits per heavy atom. The van der Waals surface area contributed by atoms with Crippen molar-refractivity contribution in [3.05, 3.63) is 29.5 Å². The molecule has 0 radical (unpaired) electrons. The minimum Gasteiger partial charge on any atom is -0.374 e. The van der Waals surface area contributed by atoms with Gasteiger partial charge in [-0.05, 0) is 18.2 Å². The molecule has 8 heteroatoms. The Hall–Kier alpha value is -1.38. The molecule has 2 aromatic heterocycles. The number of hydrogen-bond acceptors (Lipinski definition) is 6. The normalized spacial score (nSPS) is 18.5. The summed E-state index contributed by atoms with van der Waals surface area (Å²) in [5, 5.41) is 6.21. The number of amides is 1. The van der Waals surface area contributed by atoms with Crippen molar-refractivity contribution in [3.63, 3.8) is 0 Å². The van der Waals surface area contributed by atoms with Crippen LogP contribution in [0.4, 0.5) is 0 Å². The average Bonchev–Trinajstić information content (AvgIpc) is 3.16. The zero-order valence-electron chi connectivity index (χ0n) is 13.8. The molecule has 1 amide bonds. The van der Waals surface area contributed by atoms with E-state index in [1.54, 1.807) is 29.3 Å². The van der Waals surface area contributed by atoms with Gasteiger partial charge in [-0.2, -0.15) is 5.10 Å². The first kappa shape index (κ1) is 17.4. The smallest absolute Gasteiger partial charge is 0.228 e. The largest absolute Gasteiger partial charge is 0.374 e. The van der Waals surface area contributed by atoms with Gasteiger partial charge in [-0.3, -0.25) is 9.48 Å². The van der Waals surface area contributed by atoms with Crippen molar-refractivity contribution in [1.29, 1.82) is 0 Å². The second kappa shape index (κ2) is 8.64. The third kappa shape index (κ3) is 4.81. The van der Waals surface area contributed by atoms with Gasteiger partial charge in [-0.15, -0.1) is 11.3 Å². The van der Waals surface area contributed by atoms with Crippen LogP contribution in [0.25, 0.3) is 0 Å². The maximum atomic E-state index is 12.6. The van der Waals surface area contributed by atoms with Crippen molar-refractivity contribution in [3.8, 4) is 0 Å². The number of carbonyl (C=O) groups is 1. The van der Waals surface area contributed by atoms with Crippen molar-refractivity contribution in [1.82, 2.24) is 19.7 Å². The topological polar surface area (TPSA) is 60.3 Å². The molecule has 0 aliphatic carbocycles. The Kier molecular flexibility index (Phi) is 6.28. The second-order valence-corrected chi connectivity index (χ2v) is 8.00. The van der Waals surface area contributed by atoms with E-state index < -0.39 is 0 Å². The molecule has 130 valence electrons. The number of thiazole rings is 1. The molecule has 0 aromatic carbocycles. The van der Waals surface area contributed by atoms with Crippen molar-refractivity contribution in [2.24, 2.45) is 0 Å². The minimum absolute atomic E-state index is 0.0157. The molecule has 2 aromatic rings. The van der Waals surface area contributed by atoms with E-state index in [-0.39, 0.29) is 12.0 Å². The van der Waals surface area contributed by atoms with Gasteiger partial charge in [0.1, 0.15) is 4.34 Å². The SMILES string of the molecule is CCSc1nc(CC(=O)N2CCCO[C@H](Cn3cccn3)C2)cs1. The summed E-state index contributed by atoms with van der Waals surface area (Å²) in [5.41, 5.74) is 0.870. The highest BCUT2D eigenvalue weighted by Gasteiger charge is 2.23. The van der Waals surface area contributed by atoms with Gasteiger partial charge in [-0.1, -0.05) is 18.7 Å². The van der Waals surface area contributed by atoms with Gasteiger partial charge in [-0.25, -0.2) is 4.98 Å². The molecule has 1 atom stereocenters. The molecule has 3 rings (SSSR count). The number of carbonyl (C=O) groups excluding carboxylic acids is 1. The number of nitrogens with zero attached hydrogens (tertiary/aromatic N) is 4. The zero-order valence-corrected chi connectivity index (χ0v) is 15.4. The van der Waals surface area contributed by atoms with Gasteiger partial charge in [0.25, 0.3) is 0 Å². The molecule has 3 heterocycles. The third-order valence-corrected chi connectivity index (χ3v) is 5.74. The summed E-state index contributed by atoms with van der Waals surface area (Å²) < 4.78 is 8.76. The summed E-state index contributed by atoms with van der Waals surface area (Å²) in [4.78, 5) is 19.1. The van der Waals surface area contributed by atoms with Crippen LogP contribution in [-0.4, -0.2) is 57.1 Å². The first-order chi connectivity index (χ1) is 11.7. The fourth-order valence-corrected chi connectivity index (χ4v) is 4.42. The van der Waals surface area contributed by atoms with Crippen LogP contribution in [0.3, 0.4) is 0 Å². The molecule has 0 spiro atoms. The summed E-state index contributed by atoms with van der Waals surface area (Å²) in [6.45, 7) is 4.82. The molecule has 1 aliphatic rings. The summed E-state index contributed by atoms with van der Waals surface area (Å²) >= 11 is 3.33.